The van der Waals surface area contributed by atoms with E-state index >= 15 is 0 Å². The van der Waals surface area contributed by atoms with Crippen molar-refractivity contribution in [2.24, 2.45) is 0 Å². The molecule has 0 saturated carbocycles. The van der Waals surface area contributed by atoms with Crippen molar-refractivity contribution in [3.05, 3.63) is 54.1 Å². The molecule has 3 rings (SSSR count). The van der Waals surface area contributed by atoms with Crippen molar-refractivity contribution in [2.75, 3.05) is 19.7 Å². The molecule has 1 amide bonds. The molecule has 0 bridgehead atoms. The van der Waals surface area contributed by atoms with Crippen LogP contribution in [0.3, 0.4) is 0 Å². The molecule has 1 aliphatic heterocycles. The van der Waals surface area contributed by atoms with E-state index in [0.717, 1.165) is 18.0 Å². The van der Waals surface area contributed by atoms with Crippen LogP contribution in [-0.2, 0) is 16.1 Å². The minimum absolute atomic E-state index is 0.0364. The van der Waals surface area contributed by atoms with Crippen LogP contribution in [-0.4, -0.2) is 46.6 Å². The molecule has 0 aliphatic carbocycles. The third-order valence-corrected chi connectivity index (χ3v) is 3.70. The zero-order chi connectivity index (χ0) is 16.8. The molecular formula is C17H18FN3O3. The summed E-state index contributed by atoms with van der Waals surface area (Å²) in [6.07, 6.45) is 2.61. The van der Waals surface area contributed by atoms with E-state index in [-0.39, 0.29) is 24.6 Å². The molecule has 0 radical (unpaired) electrons. The summed E-state index contributed by atoms with van der Waals surface area (Å²) in [6, 6.07) is 9.82. The van der Waals surface area contributed by atoms with E-state index in [2.05, 4.69) is 9.97 Å². The molecule has 1 aliphatic rings. The van der Waals surface area contributed by atoms with E-state index in [1.165, 1.54) is 0 Å². The second kappa shape index (κ2) is 7.83. The van der Waals surface area contributed by atoms with E-state index in [0.29, 0.717) is 26.1 Å². The quantitative estimate of drug-likeness (QED) is 0.808. The Morgan fingerprint density at radius 2 is 2.00 bits per heavy atom. The van der Waals surface area contributed by atoms with E-state index in [1.54, 1.807) is 4.90 Å². The number of aromatic nitrogens is 2. The number of carbonyl (C=O) groups excluding carboxylic acids is 1. The molecule has 0 spiro atoms. The number of amides is 1. The van der Waals surface area contributed by atoms with E-state index in [4.69, 9.17) is 9.47 Å². The van der Waals surface area contributed by atoms with Crippen LogP contribution in [0.15, 0.2) is 42.7 Å². The van der Waals surface area contributed by atoms with Gasteiger partial charge in [0, 0.05) is 13.0 Å². The maximum atomic E-state index is 12.8. The first kappa shape index (κ1) is 16.3. The molecule has 2 heterocycles. The Hall–Kier alpha value is -2.54. The largest absolute Gasteiger partial charge is 0.458 e. The average molecular weight is 331 g/mol. The lowest BCUT2D eigenvalue weighted by Crippen LogP contribution is -2.33. The Labute approximate surface area is 139 Å². The van der Waals surface area contributed by atoms with Crippen molar-refractivity contribution < 1.29 is 18.7 Å². The van der Waals surface area contributed by atoms with Crippen molar-refractivity contribution in [3.63, 3.8) is 0 Å². The standard InChI is InChI=1S/C17H18FN3O3/c18-14-8-19-17(20-9-14)24-15-6-7-21(10-15)16(22)12-23-11-13-4-2-1-3-5-13/h1-5,8-9,15H,6-7,10-12H2/t15-/m0/s1. The lowest BCUT2D eigenvalue weighted by atomic mass is 10.2. The van der Waals surface area contributed by atoms with E-state index in [1.807, 2.05) is 30.3 Å². The summed E-state index contributed by atoms with van der Waals surface area (Å²) in [5.74, 6) is -0.585. The highest BCUT2D eigenvalue weighted by molar-refractivity contribution is 5.77. The van der Waals surface area contributed by atoms with Gasteiger partial charge in [0.1, 0.15) is 12.7 Å². The summed E-state index contributed by atoms with van der Waals surface area (Å²) in [4.78, 5) is 21.4. The van der Waals surface area contributed by atoms with Gasteiger partial charge in [-0.1, -0.05) is 30.3 Å². The maximum Gasteiger partial charge on any atom is 0.316 e. The zero-order valence-electron chi connectivity index (χ0n) is 13.1. The lowest BCUT2D eigenvalue weighted by Gasteiger charge is -2.16. The van der Waals surface area contributed by atoms with Crippen molar-refractivity contribution >= 4 is 5.91 Å². The number of rotatable bonds is 6. The Morgan fingerprint density at radius 1 is 1.25 bits per heavy atom. The minimum atomic E-state index is -0.513. The molecule has 7 heteroatoms. The van der Waals surface area contributed by atoms with Crippen molar-refractivity contribution in [2.45, 2.75) is 19.1 Å². The first-order chi connectivity index (χ1) is 11.7. The predicted molar refractivity (Wildman–Crippen MR) is 83.7 cm³/mol. The van der Waals surface area contributed by atoms with Crippen LogP contribution in [0.2, 0.25) is 0 Å². The summed E-state index contributed by atoms with van der Waals surface area (Å²) in [6.45, 7) is 1.49. The number of ether oxygens (including phenoxy) is 2. The molecule has 0 N–H and O–H groups in total. The molecule has 1 saturated heterocycles. The third kappa shape index (κ3) is 4.48. The summed E-state index contributed by atoms with van der Waals surface area (Å²) >= 11 is 0. The lowest BCUT2D eigenvalue weighted by molar-refractivity contribution is -0.135. The average Bonchev–Trinajstić information content (AvgIpc) is 3.06. The van der Waals surface area contributed by atoms with Gasteiger partial charge in [0.2, 0.25) is 5.91 Å². The summed E-state index contributed by atoms with van der Waals surface area (Å²) in [5, 5.41) is 0. The fourth-order valence-electron chi connectivity index (χ4n) is 2.48. The Balaban J connectivity index is 1.41. The SMILES string of the molecule is O=C(COCc1ccccc1)N1CC[C@H](Oc2ncc(F)cn2)C1. The number of hydrogen-bond acceptors (Lipinski definition) is 5. The highest BCUT2D eigenvalue weighted by atomic mass is 19.1. The molecule has 0 unspecified atom stereocenters. The third-order valence-electron chi connectivity index (χ3n) is 3.70. The number of carbonyl (C=O) groups is 1. The number of benzene rings is 1. The number of hydrogen-bond donors (Lipinski definition) is 0. The van der Waals surface area contributed by atoms with Gasteiger partial charge in [-0.2, -0.15) is 0 Å². The minimum Gasteiger partial charge on any atom is -0.458 e. The Bertz CT molecular complexity index is 667. The first-order valence-corrected chi connectivity index (χ1v) is 7.74. The Morgan fingerprint density at radius 3 is 2.75 bits per heavy atom. The smallest absolute Gasteiger partial charge is 0.316 e. The highest BCUT2D eigenvalue weighted by Crippen LogP contribution is 2.15. The van der Waals surface area contributed by atoms with Gasteiger partial charge in [-0.05, 0) is 5.56 Å². The fourth-order valence-corrected chi connectivity index (χ4v) is 2.48. The molecule has 24 heavy (non-hydrogen) atoms. The van der Waals surface area contributed by atoms with Gasteiger partial charge >= 0.3 is 6.01 Å². The van der Waals surface area contributed by atoms with Gasteiger partial charge in [0.25, 0.3) is 0 Å². The molecule has 6 nitrogen and oxygen atoms in total. The monoisotopic (exact) mass is 331 g/mol. The zero-order valence-corrected chi connectivity index (χ0v) is 13.1. The van der Waals surface area contributed by atoms with Crippen LogP contribution in [0.5, 0.6) is 6.01 Å². The van der Waals surface area contributed by atoms with Crippen molar-refractivity contribution in [1.29, 1.82) is 0 Å². The van der Waals surface area contributed by atoms with Crippen LogP contribution in [0.25, 0.3) is 0 Å². The number of halogens is 1. The van der Waals surface area contributed by atoms with Crippen molar-refractivity contribution in [1.82, 2.24) is 14.9 Å². The second-order valence-corrected chi connectivity index (χ2v) is 5.53. The molecule has 1 aromatic heterocycles. The summed E-state index contributed by atoms with van der Waals surface area (Å²) in [7, 11) is 0. The van der Waals surface area contributed by atoms with Gasteiger partial charge in [-0.3, -0.25) is 4.79 Å². The van der Waals surface area contributed by atoms with Gasteiger partial charge < -0.3 is 14.4 Å². The van der Waals surface area contributed by atoms with Crippen molar-refractivity contribution in [3.8, 4) is 6.01 Å². The van der Waals surface area contributed by atoms with Crippen LogP contribution in [0, 0.1) is 5.82 Å². The molecule has 2 aromatic rings. The van der Waals surface area contributed by atoms with Crippen LogP contribution >= 0.6 is 0 Å². The van der Waals surface area contributed by atoms with Crippen LogP contribution in [0.4, 0.5) is 4.39 Å². The predicted octanol–water partition coefficient (Wildman–Crippen LogP) is 1.81. The highest BCUT2D eigenvalue weighted by Gasteiger charge is 2.28. The van der Waals surface area contributed by atoms with E-state index < -0.39 is 5.82 Å². The van der Waals surface area contributed by atoms with Gasteiger partial charge in [0.05, 0.1) is 25.5 Å². The normalized spacial score (nSPS) is 17.0. The molecule has 1 aromatic carbocycles. The topological polar surface area (TPSA) is 64.5 Å². The molecule has 1 atom stereocenters. The molecule has 1 fully saturated rings. The summed E-state index contributed by atoms with van der Waals surface area (Å²) < 4.78 is 23.8. The number of likely N-dealkylation sites (tertiary alicyclic amines) is 1. The van der Waals surface area contributed by atoms with Gasteiger partial charge in [0.15, 0.2) is 5.82 Å². The molecule has 126 valence electrons. The molecular weight excluding hydrogens is 313 g/mol. The van der Waals surface area contributed by atoms with E-state index in [9.17, 15) is 9.18 Å². The fraction of sp³-hybridized carbons (Fsp3) is 0.353. The first-order valence-electron chi connectivity index (χ1n) is 7.74. The van der Waals surface area contributed by atoms with Gasteiger partial charge in [-0.25, -0.2) is 14.4 Å². The maximum absolute atomic E-state index is 12.8. The summed E-state index contributed by atoms with van der Waals surface area (Å²) in [5.41, 5.74) is 1.03. The number of nitrogens with zero attached hydrogens (tertiary/aromatic N) is 3. The van der Waals surface area contributed by atoms with Crippen LogP contribution < -0.4 is 4.74 Å². The van der Waals surface area contributed by atoms with Crippen LogP contribution in [0.1, 0.15) is 12.0 Å². The Kier molecular flexibility index (Phi) is 5.32. The second-order valence-electron chi connectivity index (χ2n) is 5.53. The van der Waals surface area contributed by atoms with Gasteiger partial charge in [-0.15, -0.1) is 0 Å².